The van der Waals surface area contributed by atoms with Crippen LogP contribution >= 0.6 is 11.3 Å². The van der Waals surface area contributed by atoms with Gasteiger partial charge in [-0.3, -0.25) is 0 Å². The summed E-state index contributed by atoms with van der Waals surface area (Å²) >= 11 is 1.85. The summed E-state index contributed by atoms with van der Waals surface area (Å²) in [6.45, 7) is 0. The molecule has 67 heavy (non-hydrogen) atoms. The maximum absolute atomic E-state index is 6.71. The van der Waals surface area contributed by atoms with Gasteiger partial charge in [-0.1, -0.05) is 182 Å². The van der Waals surface area contributed by atoms with E-state index in [2.05, 4.69) is 254 Å². The number of furan rings is 1. The molecule has 0 bridgehead atoms. The van der Waals surface area contributed by atoms with Crippen molar-refractivity contribution in [3.63, 3.8) is 0 Å². The molecular formula is C64H41NOS. The van der Waals surface area contributed by atoms with E-state index in [1.807, 2.05) is 11.3 Å². The fourth-order valence-electron chi connectivity index (χ4n) is 10.1. The summed E-state index contributed by atoms with van der Waals surface area (Å²) in [5, 5.41) is 7.13. The first-order chi connectivity index (χ1) is 33.2. The molecule has 3 heteroatoms. The molecule has 0 saturated heterocycles. The van der Waals surface area contributed by atoms with E-state index in [0.717, 1.165) is 61.1 Å². The van der Waals surface area contributed by atoms with Crippen molar-refractivity contribution in [3.8, 4) is 55.6 Å². The highest BCUT2D eigenvalue weighted by Crippen LogP contribution is 2.47. The second-order valence-corrected chi connectivity index (χ2v) is 18.3. The zero-order valence-electron chi connectivity index (χ0n) is 36.4. The highest BCUT2D eigenvalue weighted by atomic mass is 32.1. The summed E-state index contributed by atoms with van der Waals surface area (Å²) in [6, 6.07) is 90.1. The SMILES string of the molecule is c1ccc(-c2ccc(-c3ccc(N(c4ccc(-c5ccc6sc7ccccc7c6c5)cc4)c4ccccc4-c4cccc5oc6c7ccccc7ccc6c45)cc3)cc2-c2ccccc2)cc1. The Kier molecular flexibility index (Phi) is 9.40. The number of hydrogen-bond acceptors (Lipinski definition) is 3. The second-order valence-electron chi connectivity index (χ2n) is 17.2. The number of nitrogens with zero attached hydrogens (tertiary/aromatic N) is 1. The van der Waals surface area contributed by atoms with Gasteiger partial charge in [0.15, 0.2) is 0 Å². The Morgan fingerprint density at radius 2 is 0.896 bits per heavy atom. The van der Waals surface area contributed by atoms with E-state index in [1.54, 1.807) is 0 Å². The van der Waals surface area contributed by atoms with E-state index < -0.39 is 0 Å². The van der Waals surface area contributed by atoms with Crippen molar-refractivity contribution in [1.29, 1.82) is 0 Å². The average molecular weight is 872 g/mol. The number of thiophene rings is 1. The maximum Gasteiger partial charge on any atom is 0.143 e. The molecule has 0 saturated carbocycles. The average Bonchev–Trinajstić information content (AvgIpc) is 3.98. The smallest absolute Gasteiger partial charge is 0.143 e. The van der Waals surface area contributed by atoms with E-state index in [0.29, 0.717) is 0 Å². The first kappa shape index (κ1) is 38.9. The van der Waals surface area contributed by atoms with Gasteiger partial charge in [-0.2, -0.15) is 0 Å². The number of para-hydroxylation sites is 1. The first-order valence-electron chi connectivity index (χ1n) is 22.8. The molecule has 0 spiro atoms. The monoisotopic (exact) mass is 871 g/mol. The van der Waals surface area contributed by atoms with Gasteiger partial charge >= 0.3 is 0 Å². The van der Waals surface area contributed by atoms with Gasteiger partial charge in [0.05, 0.1) is 5.69 Å². The first-order valence-corrected chi connectivity index (χ1v) is 23.6. The van der Waals surface area contributed by atoms with Crippen molar-refractivity contribution in [2.75, 3.05) is 4.90 Å². The van der Waals surface area contributed by atoms with Crippen LogP contribution in [0.2, 0.25) is 0 Å². The van der Waals surface area contributed by atoms with Crippen LogP contribution in [0, 0.1) is 0 Å². The molecule has 0 amide bonds. The molecule has 2 heterocycles. The lowest BCUT2D eigenvalue weighted by Crippen LogP contribution is -2.11. The summed E-state index contributed by atoms with van der Waals surface area (Å²) < 4.78 is 9.34. The molecule has 13 rings (SSSR count). The highest BCUT2D eigenvalue weighted by Gasteiger charge is 2.22. The summed E-state index contributed by atoms with van der Waals surface area (Å²) in [7, 11) is 0. The molecule has 0 aliphatic rings. The van der Waals surface area contributed by atoms with Gasteiger partial charge in [-0.15, -0.1) is 11.3 Å². The lowest BCUT2D eigenvalue weighted by molar-refractivity contribution is 0.673. The number of anilines is 3. The van der Waals surface area contributed by atoms with Crippen LogP contribution in [0.15, 0.2) is 253 Å². The Labute approximate surface area is 392 Å². The molecule has 2 aromatic heterocycles. The Morgan fingerprint density at radius 3 is 1.66 bits per heavy atom. The van der Waals surface area contributed by atoms with Gasteiger partial charge in [-0.25, -0.2) is 0 Å². The number of fused-ring (bicyclic) bond motifs is 8. The second kappa shape index (κ2) is 16.2. The summed E-state index contributed by atoms with van der Waals surface area (Å²) in [6.07, 6.45) is 0. The van der Waals surface area contributed by atoms with E-state index in [-0.39, 0.29) is 0 Å². The van der Waals surface area contributed by atoms with Crippen LogP contribution in [-0.2, 0) is 0 Å². The van der Waals surface area contributed by atoms with Crippen molar-refractivity contribution < 1.29 is 4.42 Å². The Morgan fingerprint density at radius 1 is 0.313 bits per heavy atom. The zero-order chi connectivity index (χ0) is 44.3. The molecule has 13 aromatic rings. The van der Waals surface area contributed by atoms with Crippen molar-refractivity contribution in [2.24, 2.45) is 0 Å². The Balaban J connectivity index is 0.952. The van der Waals surface area contributed by atoms with Crippen molar-refractivity contribution in [2.45, 2.75) is 0 Å². The Hall–Kier alpha value is -8.50. The molecule has 0 unspecified atom stereocenters. The molecular weight excluding hydrogens is 831 g/mol. The van der Waals surface area contributed by atoms with Gasteiger partial charge in [0.25, 0.3) is 0 Å². The van der Waals surface area contributed by atoms with Crippen LogP contribution in [0.1, 0.15) is 0 Å². The van der Waals surface area contributed by atoms with Gasteiger partial charge < -0.3 is 9.32 Å². The summed E-state index contributed by atoms with van der Waals surface area (Å²) in [5.41, 5.74) is 16.8. The molecule has 0 atom stereocenters. The van der Waals surface area contributed by atoms with Crippen LogP contribution < -0.4 is 4.90 Å². The van der Waals surface area contributed by atoms with Gasteiger partial charge in [0.1, 0.15) is 11.2 Å². The van der Waals surface area contributed by atoms with Gasteiger partial charge in [0.2, 0.25) is 0 Å². The minimum Gasteiger partial charge on any atom is -0.455 e. The molecule has 0 aliphatic heterocycles. The van der Waals surface area contributed by atoms with Crippen LogP contribution in [0.4, 0.5) is 17.1 Å². The predicted octanol–water partition coefficient (Wildman–Crippen LogP) is 18.9. The largest absolute Gasteiger partial charge is 0.455 e. The third-order valence-electron chi connectivity index (χ3n) is 13.3. The number of benzene rings is 11. The number of hydrogen-bond donors (Lipinski definition) is 0. The Bertz CT molecular complexity index is 3960. The van der Waals surface area contributed by atoms with Gasteiger partial charge in [-0.05, 0) is 122 Å². The van der Waals surface area contributed by atoms with Crippen LogP contribution in [0.3, 0.4) is 0 Å². The van der Waals surface area contributed by atoms with Crippen molar-refractivity contribution >= 4 is 81.3 Å². The third kappa shape index (κ3) is 6.79. The van der Waals surface area contributed by atoms with Crippen LogP contribution in [0.25, 0.3) is 109 Å². The van der Waals surface area contributed by atoms with Crippen LogP contribution in [-0.4, -0.2) is 0 Å². The minimum atomic E-state index is 0.877. The molecule has 2 nitrogen and oxygen atoms in total. The zero-order valence-corrected chi connectivity index (χ0v) is 37.3. The van der Waals surface area contributed by atoms with E-state index in [9.17, 15) is 0 Å². The molecule has 0 radical (unpaired) electrons. The van der Waals surface area contributed by atoms with Crippen molar-refractivity contribution in [3.05, 3.63) is 249 Å². The van der Waals surface area contributed by atoms with E-state index >= 15 is 0 Å². The maximum atomic E-state index is 6.71. The topological polar surface area (TPSA) is 16.4 Å². The standard InChI is InChI=1S/C64H41NOS/c1-3-14-44(15-4-1)51-37-31-47(40-57(51)45-16-5-2-6-17-45)42-26-33-49(34-27-42)65(50-35-28-43(29-36-50)48-32-39-62-58(41-48)54-21-10-12-25-61(54)67-62)59-23-11-9-20-53(59)55-22-13-24-60-63(55)56-38-30-46-18-7-8-19-52(46)64(56)66-60/h1-41H. The lowest BCUT2D eigenvalue weighted by atomic mass is 9.91. The minimum absolute atomic E-state index is 0.877. The normalized spacial score (nSPS) is 11.6. The molecule has 0 N–H and O–H groups in total. The molecule has 0 fully saturated rings. The summed E-state index contributed by atoms with van der Waals surface area (Å²) in [5.74, 6) is 0. The highest BCUT2D eigenvalue weighted by molar-refractivity contribution is 7.25. The third-order valence-corrected chi connectivity index (χ3v) is 14.5. The number of rotatable bonds is 8. The van der Waals surface area contributed by atoms with E-state index in [4.69, 9.17) is 4.42 Å². The van der Waals surface area contributed by atoms with Crippen LogP contribution in [0.5, 0.6) is 0 Å². The quantitative estimate of drug-likeness (QED) is 0.151. The fourth-order valence-corrected chi connectivity index (χ4v) is 11.1. The van der Waals surface area contributed by atoms with Crippen molar-refractivity contribution in [1.82, 2.24) is 0 Å². The summed E-state index contributed by atoms with van der Waals surface area (Å²) in [4.78, 5) is 2.41. The molecule has 11 aromatic carbocycles. The molecule has 0 aliphatic carbocycles. The lowest BCUT2D eigenvalue weighted by Gasteiger charge is -2.28. The predicted molar refractivity (Wildman–Crippen MR) is 286 cm³/mol. The molecule has 314 valence electrons. The fraction of sp³-hybridized carbons (Fsp3) is 0. The van der Waals surface area contributed by atoms with E-state index in [1.165, 1.54) is 64.5 Å². The van der Waals surface area contributed by atoms with Gasteiger partial charge in [0, 0.05) is 53.3 Å².